The third-order valence-corrected chi connectivity index (χ3v) is 3.23. The van der Waals surface area contributed by atoms with Gasteiger partial charge in [-0.3, -0.25) is 4.79 Å². The molecule has 0 spiro atoms. The monoisotopic (exact) mass is 273 g/mol. The van der Waals surface area contributed by atoms with Crippen LogP contribution in [0.2, 0.25) is 0 Å². The Hall–Kier alpha value is -1.88. The van der Waals surface area contributed by atoms with Gasteiger partial charge >= 0.3 is 0 Å². The van der Waals surface area contributed by atoms with E-state index in [9.17, 15) is 4.79 Å². The second-order valence-corrected chi connectivity index (χ2v) is 6.22. The van der Waals surface area contributed by atoms with Gasteiger partial charge in [0.05, 0.1) is 0 Å². The highest BCUT2D eigenvalue weighted by molar-refractivity contribution is 5.93. The number of amides is 1. The summed E-state index contributed by atoms with van der Waals surface area (Å²) in [7, 11) is 0. The van der Waals surface area contributed by atoms with Crippen LogP contribution < -0.4 is 11.1 Å². The number of rotatable bonds is 4. The number of anilines is 1. The molecule has 5 heteroatoms. The Balaban J connectivity index is 1.76. The summed E-state index contributed by atoms with van der Waals surface area (Å²) >= 11 is 0. The number of nitrogens with two attached hydrogens (primary N) is 1. The first-order valence-electron chi connectivity index (χ1n) is 6.90. The molecule has 106 valence electrons. The average molecular weight is 273 g/mol. The lowest BCUT2D eigenvalue weighted by Gasteiger charge is -2.17. The van der Waals surface area contributed by atoms with E-state index in [1.807, 2.05) is 32.0 Å². The number of hydrogen-bond donors (Lipinski definition) is 2. The number of carbonyl (C=O) groups excluding carboxylic acids is 1. The fraction of sp³-hybridized carbons (Fsp3) is 0.467. The molecule has 1 aliphatic rings. The Bertz CT molecular complexity index is 651. The number of hydrogen-bond acceptors (Lipinski definition) is 4. The van der Waals surface area contributed by atoms with Gasteiger partial charge in [0.25, 0.3) is 0 Å². The molecule has 1 fully saturated rings. The normalized spacial score (nSPS) is 15.6. The summed E-state index contributed by atoms with van der Waals surface area (Å²) in [5.74, 6) is 1.20. The summed E-state index contributed by atoms with van der Waals surface area (Å²) < 4.78 is 5.69. The van der Waals surface area contributed by atoms with E-state index in [-0.39, 0.29) is 12.3 Å². The summed E-state index contributed by atoms with van der Waals surface area (Å²) in [6, 6.07) is 5.51. The molecule has 0 aliphatic heterocycles. The fourth-order valence-corrected chi connectivity index (χ4v) is 2.15. The van der Waals surface area contributed by atoms with Crippen molar-refractivity contribution < 1.29 is 9.21 Å². The van der Waals surface area contributed by atoms with Gasteiger partial charge in [0.1, 0.15) is 5.52 Å². The molecule has 1 aromatic carbocycles. The standard InChI is InChI=1S/C15H19N3O2/c1-15(2,16)8-13(19)17-10-5-6-12-11(7-10)18-14(20-12)9-3-4-9/h5-7,9H,3-4,8,16H2,1-2H3,(H,17,19). The maximum Gasteiger partial charge on any atom is 0.226 e. The van der Waals surface area contributed by atoms with Gasteiger partial charge in [-0.05, 0) is 44.9 Å². The van der Waals surface area contributed by atoms with Gasteiger partial charge in [0.15, 0.2) is 11.5 Å². The topological polar surface area (TPSA) is 81.2 Å². The zero-order valence-corrected chi connectivity index (χ0v) is 11.8. The van der Waals surface area contributed by atoms with E-state index < -0.39 is 5.54 Å². The van der Waals surface area contributed by atoms with Crippen molar-refractivity contribution in [1.82, 2.24) is 4.98 Å². The van der Waals surface area contributed by atoms with Crippen molar-refractivity contribution in [2.75, 3.05) is 5.32 Å². The van der Waals surface area contributed by atoms with E-state index in [0.717, 1.165) is 35.5 Å². The van der Waals surface area contributed by atoms with Crippen molar-refractivity contribution in [1.29, 1.82) is 0 Å². The maximum absolute atomic E-state index is 11.9. The van der Waals surface area contributed by atoms with Gasteiger partial charge in [0, 0.05) is 23.6 Å². The van der Waals surface area contributed by atoms with Crippen molar-refractivity contribution in [3.8, 4) is 0 Å². The number of oxazole rings is 1. The van der Waals surface area contributed by atoms with Crippen LogP contribution in [0.25, 0.3) is 11.1 Å². The Kier molecular flexibility index (Phi) is 3.01. The van der Waals surface area contributed by atoms with Crippen LogP contribution in [0.3, 0.4) is 0 Å². The molecule has 20 heavy (non-hydrogen) atoms. The smallest absolute Gasteiger partial charge is 0.226 e. The molecular formula is C15H19N3O2. The molecular weight excluding hydrogens is 254 g/mol. The van der Waals surface area contributed by atoms with E-state index in [0.29, 0.717) is 5.92 Å². The molecule has 2 aromatic rings. The van der Waals surface area contributed by atoms with E-state index in [2.05, 4.69) is 10.3 Å². The Labute approximate surface area is 117 Å². The molecule has 3 rings (SSSR count). The predicted molar refractivity (Wildman–Crippen MR) is 77.5 cm³/mol. The number of aromatic nitrogens is 1. The van der Waals surface area contributed by atoms with E-state index in [1.54, 1.807) is 0 Å². The van der Waals surface area contributed by atoms with Gasteiger partial charge in [-0.25, -0.2) is 4.98 Å². The molecule has 1 heterocycles. The van der Waals surface area contributed by atoms with Crippen molar-refractivity contribution in [3.05, 3.63) is 24.1 Å². The van der Waals surface area contributed by atoms with Crippen LogP contribution >= 0.6 is 0 Å². The van der Waals surface area contributed by atoms with Gasteiger partial charge in [-0.2, -0.15) is 0 Å². The zero-order chi connectivity index (χ0) is 14.3. The van der Waals surface area contributed by atoms with E-state index in [4.69, 9.17) is 10.2 Å². The third kappa shape index (κ3) is 2.99. The Morgan fingerprint density at radius 3 is 2.90 bits per heavy atom. The predicted octanol–water partition coefficient (Wildman–Crippen LogP) is 2.77. The van der Waals surface area contributed by atoms with Crippen LogP contribution in [-0.2, 0) is 4.79 Å². The zero-order valence-electron chi connectivity index (χ0n) is 11.8. The van der Waals surface area contributed by atoms with E-state index >= 15 is 0 Å². The van der Waals surface area contributed by atoms with Crippen LogP contribution in [0.1, 0.15) is 44.9 Å². The van der Waals surface area contributed by atoms with Gasteiger partial charge < -0.3 is 15.5 Å². The molecule has 0 atom stereocenters. The molecule has 1 aliphatic carbocycles. The van der Waals surface area contributed by atoms with E-state index in [1.165, 1.54) is 0 Å². The minimum absolute atomic E-state index is 0.0947. The molecule has 1 aromatic heterocycles. The highest BCUT2D eigenvalue weighted by Crippen LogP contribution is 2.40. The van der Waals surface area contributed by atoms with Crippen molar-refractivity contribution in [2.45, 2.75) is 44.6 Å². The number of nitrogens with one attached hydrogen (secondary N) is 1. The van der Waals surface area contributed by atoms with Crippen LogP contribution in [0, 0.1) is 0 Å². The maximum atomic E-state index is 11.9. The first-order chi connectivity index (χ1) is 9.40. The van der Waals surface area contributed by atoms with Gasteiger partial charge in [0.2, 0.25) is 5.91 Å². The number of fused-ring (bicyclic) bond motifs is 1. The summed E-state index contributed by atoms with van der Waals surface area (Å²) in [5.41, 5.74) is 7.60. The minimum atomic E-state index is -0.513. The lowest BCUT2D eigenvalue weighted by atomic mass is 10.0. The number of benzene rings is 1. The summed E-state index contributed by atoms with van der Waals surface area (Å²) in [4.78, 5) is 16.3. The van der Waals surface area contributed by atoms with Crippen molar-refractivity contribution >= 4 is 22.7 Å². The second kappa shape index (κ2) is 4.59. The lowest BCUT2D eigenvalue weighted by Crippen LogP contribution is -2.36. The number of carbonyl (C=O) groups is 1. The summed E-state index contributed by atoms with van der Waals surface area (Å²) in [6.07, 6.45) is 2.58. The largest absolute Gasteiger partial charge is 0.440 e. The van der Waals surface area contributed by atoms with Crippen LogP contribution in [0.4, 0.5) is 5.69 Å². The molecule has 0 radical (unpaired) electrons. The molecule has 3 N–H and O–H groups in total. The molecule has 5 nitrogen and oxygen atoms in total. The lowest BCUT2D eigenvalue weighted by molar-refractivity contribution is -0.117. The highest BCUT2D eigenvalue weighted by atomic mass is 16.3. The third-order valence-electron chi connectivity index (χ3n) is 3.23. The molecule has 0 bridgehead atoms. The van der Waals surface area contributed by atoms with Crippen molar-refractivity contribution in [3.63, 3.8) is 0 Å². The first-order valence-corrected chi connectivity index (χ1v) is 6.90. The summed E-state index contributed by atoms with van der Waals surface area (Å²) in [5, 5.41) is 2.84. The molecule has 1 amide bonds. The second-order valence-electron chi connectivity index (χ2n) is 6.22. The molecule has 0 unspecified atom stereocenters. The number of nitrogens with zero attached hydrogens (tertiary/aromatic N) is 1. The fourth-order valence-electron chi connectivity index (χ4n) is 2.15. The Morgan fingerprint density at radius 1 is 1.50 bits per heavy atom. The van der Waals surface area contributed by atoms with Crippen molar-refractivity contribution in [2.24, 2.45) is 5.73 Å². The average Bonchev–Trinajstić information content (AvgIpc) is 3.07. The Morgan fingerprint density at radius 2 is 2.25 bits per heavy atom. The van der Waals surface area contributed by atoms with Crippen LogP contribution in [-0.4, -0.2) is 16.4 Å². The van der Waals surface area contributed by atoms with Gasteiger partial charge in [-0.1, -0.05) is 0 Å². The minimum Gasteiger partial charge on any atom is -0.440 e. The molecule has 1 saturated carbocycles. The van der Waals surface area contributed by atoms with Gasteiger partial charge in [-0.15, -0.1) is 0 Å². The SMILES string of the molecule is CC(C)(N)CC(=O)Nc1ccc2oc(C3CC3)nc2c1. The first kappa shape index (κ1) is 13.1. The summed E-state index contributed by atoms with van der Waals surface area (Å²) in [6.45, 7) is 3.66. The van der Waals surface area contributed by atoms with Crippen LogP contribution in [0.15, 0.2) is 22.6 Å². The quantitative estimate of drug-likeness (QED) is 0.897. The highest BCUT2D eigenvalue weighted by Gasteiger charge is 2.28. The van der Waals surface area contributed by atoms with Crippen LogP contribution in [0.5, 0.6) is 0 Å². The molecule has 0 saturated heterocycles.